The topological polar surface area (TPSA) is 97.6 Å². The smallest absolute Gasteiger partial charge is 0.271 e. The van der Waals surface area contributed by atoms with Crippen molar-refractivity contribution >= 4 is 5.91 Å². The molecule has 0 aliphatic carbocycles. The van der Waals surface area contributed by atoms with E-state index in [1.54, 1.807) is 29.2 Å². The summed E-state index contributed by atoms with van der Waals surface area (Å²) < 4.78 is 3.03. The van der Waals surface area contributed by atoms with Crippen molar-refractivity contribution in [2.45, 2.75) is 13.0 Å². The first-order chi connectivity index (χ1) is 11.2. The van der Waals surface area contributed by atoms with E-state index in [0.717, 1.165) is 6.42 Å². The van der Waals surface area contributed by atoms with Crippen LogP contribution in [0.5, 0.6) is 0 Å². The Hall–Kier alpha value is -3.16. The van der Waals surface area contributed by atoms with Gasteiger partial charge in [-0.05, 0) is 18.6 Å². The van der Waals surface area contributed by atoms with Crippen LogP contribution in [0.3, 0.4) is 0 Å². The summed E-state index contributed by atoms with van der Waals surface area (Å²) >= 11 is 0. The molecular weight excluding hydrogens is 296 g/mol. The van der Waals surface area contributed by atoms with Gasteiger partial charge in [-0.1, -0.05) is 23.4 Å². The molecule has 1 aromatic carbocycles. The maximum absolute atomic E-state index is 12.1. The lowest BCUT2D eigenvalue weighted by Crippen LogP contribution is -2.25. The Bertz CT molecular complexity index is 819. The first-order valence-corrected chi connectivity index (χ1v) is 7.24. The Labute approximate surface area is 131 Å². The van der Waals surface area contributed by atoms with Gasteiger partial charge in [0.25, 0.3) is 11.5 Å². The highest BCUT2D eigenvalue weighted by atomic mass is 16.2. The number of amides is 1. The monoisotopic (exact) mass is 312 g/mol. The number of hydrogen-bond donors (Lipinski definition) is 2. The number of aromatic amines is 1. The standard InChI is InChI=1S/C15H16N6O2/c22-14-11-13(18-21(14)12-5-2-1-3-6-12)15(23)16-7-4-9-20-10-8-17-19-20/h1-3,5-6,8,10-11,18H,4,7,9H2,(H,16,23). The molecule has 2 aromatic heterocycles. The fourth-order valence-corrected chi connectivity index (χ4v) is 2.17. The van der Waals surface area contributed by atoms with Gasteiger partial charge in [0.2, 0.25) is 0 Å². The molecule has 2 N–H and O–H groups in total. The van der Waals surface area contributed by atoms with E-state index in [0.29, 0.717) is 18.8 Å². The Morgan fingerprint density at radius 2 is 2.09 bits per heavy atom. The van der Waals surface area contributed by atoms with Gasteiger partial charge >= 0.3 is 0 Å². The highest BCUT2D eigenvalue weighted by molar-refractivity contribution is 5.92. The number of carbonyl (C=O) groups is 1. The van der Waals surface area contributed by atoms with E-state index in [1.165, 1.54) is 10.7 Å². The van der Waals surface area contributed by atoms with Gasteiger partial charge in [0.05, 0.1) is 11.9 Å². The molecule has 3 rings (SSSR count). The van der Waals surface area contributed by atoms with Gasteiger partial charge < -0.3 is 5.32 Å². The number of para-hydroxylation sites is 1. The van der Waals surface area contributed by atoms with Crippen LogP contribution in [0.2, 0.25) is 0 Å². The largest absolute Gasteiger partial charge is 0.351 e. The summed E-state index contributed by atoms with van der Waals surface area (Å²) in [6.07, 6.45) is 4.09. The predicted octanol–water partition coefficient (Wildman–Crippen LogP) is 0.577. The average Bonchev–Trinajstić information content (AvgIpc) is 3.22. The van der Waals surface area contributed by atoms with E-state index in [9.17, 15) is 9.59 Å². The zero-order chi connectivity index (χ0) is 16.1. The summed E-state index contributed by atoms with van der Waals surface area (Å²) in [7, 11) is 0. The molecular formula is C15H16N6O2. The Kier molecular flexibility index (Phi) is 4.32. The lowest BCUT2D eigenvalue weighted by atomic mass is 10.3. The summed E-state index contributed by atoms with van der Waals surface area (Å²) in [6.45, 7) is 1.15. The molecule has 0 atom stereocenters. The fourth-order valence-electron chi connectivity index (χ4n) is 2.17. The number of carbonyl (C=O) groups excluding carboxylic acids is 1. The average molecular weight is 312 g/mol. The number of benzene rings is 1. The van der Waals surface area contributed by atoms with Crippen LogP contribution < -0.4 is 10.9 Å². The molecule has 8 nitrogen and oxygen atoms in total. The second-order valence-corrected chi connectivity index (χ2v) is 4.95. The molecule has 23 heavy (non-hydrogen) atoms. The van der Waals surface area contributed by atoms with E-state index < -0.39 is 0 Å². The number of hydrogen-bond acceptors (Lipinski definition) is 4. The fraction of sp³-hybridized carbons (Fsp3) is 0.200. The van der Waals surface area contributed by atoms with Gasteiger partial charge in [0.1, 0.15) is 5.69 Å². The molecule has 0 unspecified atom stereocenters. The molecule has 1 amide bonds. The minimum absolute atomic E-state index is 0.236. The first-order valence-electron chi connectivity index (χ1n) is 7.24. The van der Waals surface area contributed by atoms with E-state index in [1.807, 2.05) is 18.2 Å². The highest BCUT2D eigenvalue weighted by Crippen LogP contribution is 2.03. The lowest BCUT2D eigenvalue weighted by molar-refractivity contribution is 0.0947. The summed E-state index contributed by atoms with van der Waals surface area (Å²) in [6, 6.07) is 10.4. The van der Waals surface area contributed by atoms with Crippen LogP contribution >= 0.6 is 0 Å². The van der Waals surface area contributed by atoms with Crippen LogP contribution in [-0.4, -0.2) is 37.2 Å². The van der Waals surface area contributed by atoms with Crippen LogP contribution in [0.4, 0.5) is 0 Å². The van der Waals surface area contributed by atoms with Crippen molar-refractivity contribution in [1.82, 2.24) is 30.1 Å². The van der Waals surface area contributed by atoms with Gasteiger partial charge in [0, 0.05) is 25.4 Å². The Morgan fingerprint density at radius 3 is 2.83 bits per heavy atom. The number of nitrogens with zero attached hydrogens (tertiary/aromatic N) is 4. The molecule has 118 valence electrons. The van der Waals surface area contributed by atoms with Crippen molar-refractivity contribution < 1.29 is 4.79 Å². The van der Waals surface area contributed by atoms with Crippen molar-refractivity contribution in [3.63, 3.8) is 0 Å². The second kappa shape index (κ2) is 6.73. The molecule has 2 heterocycles. The summed E-state index contributed by atoms with van der Waals surface area (Å²) in [4.78, 5) is 24.0. The van der Waals surface area contributed by atoms with E-state index in [2.05, 4.69) is 20.7 Å². The molecule has 0 spiro atoms. The van der Waals surface area contributed by atoms with Crippen molar-refractivity contribution in [2.75, 3.05) is 6.54 Å². The van der Waals surface area contributed by atoms with E-state index in [-0.39, 0.29) is 17.2 Å². The second-order valence-electron chi connectivity index (χ2n) is 4.95. The lowest BCUT2D eigenvalue weighted by Gasteiger charge is -2.04. The maximum atomic E-state index is 12.1. The minimum Gasteiger partial charge on any atom is -0.351 e. The number of aryl methyl sites for hydroxylation is 1. The van der Waals surface area contributed by atoms with Crippen LogP contribution in [0, 0.1) is 0 Å². The molecule has 0 bridgehead atoms. The molecule has 0 saturated heterocycles. The molecule has 3 aromatic rings. The Balaban J connectivity index is 1.59. The predicted molar refractivity (Wildman–Crippen MR) is 83.4 cm³/mol. The quantitative estimate of drug-likeness (QED) is 0.650. The summed E-state index contributed by atoms with van der Waals surface area (Å²) in [5.74, 6) is -0.310. The van der Waals surface area contributed by atoms with Gasteiger partial charge in [-0.25, -0.2) is 4.68 Å². The molecule has 0 saturated carbocycles. The van der Waals surface area contributed by atoms with Crippen LogP contribution in [0.1, 0.15) is 16.9 Å². The van der Waals surface area contributed by atoms with Crippen molar-refractivity contribution in [2.24, 2.45) is 0 Å². The molecule has 8 heteroatoms. The number of H-pyrrole nitrogens is 1. The summed E-state index contributed by atoms with van der Waals surface area (Å²) in [5.41, 5.74) is 0.645. The SMILES string of the molecule is O=C(NCCCn1ccnn1)c1cc(=O)n(-c2ccccc2)[nH]1. The zero-order valence-corrected chi connectivity index (χ0v) is 12.3. The first kappa shape index (κ1) is 14.8. The van der Waals surface area contributed by atoms with Crippen molar-refractivity contribution in [3.8, 4) is 5.69 Å². The van der Waals surface area contributed by atoms with Crippen molar-refractivity contribution in [1.29, 1.82) is 0 Å². The van der Waals surface area contributed by atoms with Gasteiger partial charge in [-0.2, -0.15) is 0 Å². The Morgan fingerprint density at radius 1 is 1.26 bits per heavy atom. The third kappa shape index (κ3) is 3.54. The number of aromatic nitrogens is 5. The minimum atomic E-state index is -0.310. The molecule has 0 radical (unpaired) electrons. The van der Waals surface area contributed by atoms with Crippen molar-refractivity contribution in [3.05, 3.63) is 64.8 Å². The van der Waals surface area contributed by atoms with Crippen LogP contribution in [-0.2, 0) is 6.54 Å². The van der Waals surface area contributed by atoms with Gasteiger partial charge in [0.15, 0.2) is 0 Å². The van der Waals surface area contributed by atoms with Crippen LogP contribution in [0.25, 0.3) is 5.69 Å². The van der Waals surface area contributed by atoms with Gasteiger partial charge in [-0.3, -0.25) is 19.4 Å². The summed E-state index contributed by atoms with van der Waals surface area (Å²) in [5, 5.41) is 13.1. The molecule has 0 aliphatic rings. The highest BCUT2D eigenvalue weighted by Gasteiger charge is 2.11. The third-order valence-electron chi connectivity index (χ3n) is 3.30. The zero-order valence-electron chi connectivity index (χ0n) is 12.3. The van der Waals surface area contributed by atoms with Gasteiger partial charge in [-0.15, -0.1) is 5.10 Å². The number of nitrogens with one attached hydrogen (secondary N) is 2. The van der Waals surface area contributed by atoms with E-state index >= 15 is 0 Å². The number of rotatable bonds is 6. The molecule has 0 fully saturated rings. The third-order valence-corrected chi connectivity index (χ3v) is 3.30. The maximum Gasteiger partial charge on any atom is 0.271 e. The van der Waals surface area contributed by atoms with Crippen LogP contribution in [0.15, 0.2) is 53.6 Å². The normalized spacial score (nSPS) is 10.6. The van der Waals surface area contributed by atoms with E-state index in [4.69, 9.17) is 0 Å². The molecule has 0 aliphatic heterocycles.